The van der Waals surface area contributed by atoms with Crippen LogP contribution in [0.25, 0.3) is 33.9 Å². The third-order valence-electron chi connectivity index (χ3n) is 4.08. The fraction of sp³-hybridized carbons (Fsp3) is 0.0526. The molecule has 2 heterocycles. The van der Waals surface area contributed by atoms with Gasteiger partial charge in [0.25, 0.3) is 0 Å². The summed E-state index contributed by atoms with van der Waals surface area (Å²) in [5, 5.41) is 26.1. The van der Waals surface area contributed by atoms with Crippen LogP contribution in [0.15, 0.2) is 54.7 Å². The summed E-state index contributed by atoms with van der Waals surface area (Å²) >= 11 is 0. The van der Waals surface area contributed by atoms with Crippen molar-refractivity contribution in [2.24, 2.45) is 7.05 Å². The molecule has 6 nitrogen and oxygen atoms in total. The van der Waals surface area contributed by atoms with Crippen LogP contribution in [0.2, 0.25) is 0 Å². The molecular formula is C19H14N6. The number of allylic oxidation sites excluding steroid dienone is 1. The maximum absolute atomic E-state index is 9.64. The molecule has 2 aromatic heterocycles. The molecule has 0 radical (unpaired) electrons. The molecule has 4 aromatic rings. The number of fused-ring (bicyclic) bond motifs is 1. The standard InChI is InChI=1S/C19H14N6/c1-25-18(13-6-3-2-4-7-13)23-24-19(25)16(11-20)10-14-8-5-9-15-12-21-22-17(14)15/h2-10,12H,1H3,(H,21,22). The van der Waals surface area contributed by atoms with Crippen molar-refractivity contribution < 1.29 is 0 Å². The van der Waals surface area contributed by atoms with Gasteiger partial charge in [-0.25, -0.2) is 0 Å². The Morgan fingerprint density at radius 2 is 1.96 bits per heavy atom. The summed E-state index contributed by atoms with van der Waals surface area (Å²) in [5.41, 5.74) is 3.17. The summed E-state index contributed by atoms with van der Waals surface area (Å²) in [6.07, 6.45) is 3.56. The number of benzene rings is 2. The van der Waals surface area contributed by atoms with Crippen molar-refractivity contribution in [1.29, 1.82) is 5.26 Å². The molecule has 0 saturated heterocycles. The lowest BCUT2D eigenvalue weighted by molar-refractivity contribution is 0.901. The van der Waals surface area contributed by atoms with Gasteiger partial charge in [-0.15, -0.1) is 10.2 Å². The van der Waals surface area contributed by atoms with Gasteiger partial charge in [-0.2, -0.15) is 10.4 Å². The van der Waals surface area contributed by atoms with E-state index in [-0.39, 0.29) is 0 Å². The highest BCUT2D eigenvalue weighted by Gasteiger charge is 2.15. The second-order valence-electron chi connectivity index (χ2n) is 5.62. The Hall–Kier alpha value is -3.72. The number of aromatic amines is 1. The average molecular weight is 326 g/mol. The lowest BCUT2D eigenvalue weighted by Crippen LogP contribution is -1.98. The molecule has 4 rings (SSSR count). The summed E-state index contributed by atoms with van der Waals surface area (Å²) in [6.45, 7) is 0. The van der Waals surface area contributed by atoms with Crippen LogP contribution in [0.4, 0.5) is 0 Å². The SMILES string of the molecule is Cn1c(C(C#N)=Cc2cccc3cn[nH]c23)nnc1-c1ccccc1. The quantitative estimate of drug-likeness (QED) is 0.585. The summed E-state index contributed by atoms with van der Waals surface area (Å²) in [6, 6.07) is 17.9. The third kappa shape index (κ3) is 2.58. The van der Waals surface area contributed by atoms with Gasteiger partial charge < -0.3 is 4.57 Å². The minimum atomic E-state index is 0.444. The summed E-state index contributed by atoms with van der Waals surface area (Å²) < 4.78 is 1.83. The zero-order valence-electron chi connectivity index (χ0n) is 13.5. The third-order valence-corrected chi connectivity index (χ3v) is 4.08. The number of hydrogen-bond acceptors (Lipinski definition) is 4. The highest BCUT2D eigenvalue weighted by atomic mass is 15.3. The van der Waals surface area contributed by atoms with Crippen molar-refractivity contribution in [1.82, 2.24) is 25.0 Å². The average Bonchev–Trinajstić information content (AvgIpc) is 3.27. The van der Waals surface area contributed by atoms with Gasteiger partial charge in [-0.05, 0) is 6.08 Å². The molecule has 0 unspecified atom stereocenters. The number of para-hydroxylation sites is 1. The van der Waals surface area contributed by atoms with E-state index in [1.165, 1.54) is 0 Å². The molecule has 120 valence electrons. The Balaban J connectivity index is 1.82. The highest BCUT2D eigenvalue weighted by molar-refractivity contribution is 5.95. The van der Waals surface area contributed by atoms with E-state index < -0.39 is 0 Å². The Morgan fingerprint density at radius 1 is 1.12 bits per heavy atom. The Morgan fingerprint density at radius 3 is 2.76 bits per heavy atom. The van der Waals surface area contributed by atoms with E-state index in [1.54, 1.807) is 12.3 Å². The molecule has 0 atom stereocenters. The molecule has 0 saturated carbocycles. The topological polar surface area (TPSA) is 83.2 Å². The maximum Gasteiger partial charge on any atom is 0.174 e. The predicted molar refractivity (Wildman–Crippen MR) is 96.0 cm³/mol. The molecule has 0 aliphatic heterocycles. The van der Waals surface area contributed by atoms with Gasteiger partial charge in [0.05, 0.1) is 17.3 Å². The minimum absolute atomic E-state index is 0.444. The highest BCUT2D eigenvalue weighted by Crippen LogP contribution is 2.24. The number of nitrogens with one attached hydrogen (secondary N) is 1. The van der Waals surface area contributed by atoms with Gasteiger partial charge in [-0.1, -0.05) is 48.5 Å². The Kier molecular flexibility index (Phi) is 3.60. The molecule has 0 bridgehead atoms. The van der Waals surface area contributed by atoms with Gasteiger partial charge in [0.2, 0.25) is 0 Å². The lowest BCUT2D eigenvalue weighted by atomic mass is 10.1. The number of hydrogen-bond donors (Lipinski definition) is 1. The molecule has 2 aromatic carbocycles. The second kappa shape index (κ2) is 6.06. The molecule has 25 heavy (non-hydrogen) atoms. The second-order valence-corrected chi connectivity index (χ2v) is 5.62. The van der Waals surface area contributed by atoms with Crippen LogP contribution in [0.5, 0.6) is 0 Å². The maximum atomic E-state index is 9.64. The van der Waals surface area contributed by atoms with Crippen LogP contribution in [0.1, 0.15) is 11.4 Å². The summed E-state index contributed by atoms with van der Waals surface area (Å²) in [4.78, 5) is 0. The Labute approximate surface area is 144 Å². The Bertz CT molecular complexity index is 1110. The van der Waals surface area contributed by atoms with Crippen molar-refractivity contribution in [2.45, 2.75) is 0 Å². The number of nitriles is 1. The fourth-order valence-electron chi connectivity index (χ4n) is 2.82. The smallest absolute Gasteiger partial charge is 0.174 e. The van der Waals surface area contributed by atoms with Crippen LogP contribution in [0.3, 0.4) is 0 Å². The number of nitrogens with zero attached hydrogens (tertiary/aromatic N) is 5. The van der Waals surface area contributed by atoms with Gasteiger partial charge in [-0.3, -0.25) is 5.10 Å². The number of aromatic nitrogens is 5. The van der Waals surface area contributed by atoms with Gasteiger partial charge >= 0.3 is 0 Å². The molecule has 1 N–H and O–H groups in total. The normalized spacial score (nSPS) is 11.6. The summed E-state index contributed by atoms with van der Waals surface area (Å²) in [5.74, 6) is 1.24. The van der Waals surface area contributed by atoms with E-state index in [0.717, 1.165) is 27.9 Å². The van der Waals surface area contributed by atoms with E-state index in [1.807, 2.05) is 60.1 Å². The zero-order chi connectivity index (χ0) is 17.2. The van der Waals surface area contributed by atoms with Crippen molar-refractivity contribution in [3.05, 3.63) is 66.1 Å². The fourth-order valence-corrected chi connectivity index (χ4v) is 2.82. The van der Waals surface area contributed by atoms with E-state index in [9.17, 15) is 5.26 Å². The molecular weight excluding hydrogens is 312 g/mol. The first kappa shape index (κ1) is 14.8. The molecule has 0 fully saturated rings. The van der Waals surface area contributed by atoms with Gasteiger partial charge in [0.1, 0.15) is 6.07 Å². The van der Waals surface area contributed by atoms with E-state index >= 15 is 0 Å². The first-order valence-corrected chi connectivity index (χ1v) is 7.77. The molecule has 0 aliphatic rings. The van der Waals surface area contributed by atoms with Crippen molar-refractivity contribution >= 4 is 22.6 Å². The first-order valence-electron chi connectivity index (χ1n) is 7.77. The molecule has 0 amide bonds. The van der Waals surface area contributed by atoms with Gasteiger partial charge in [0.15, 0.2) is 11.6 Å². The van der Waals surface area contributed by atoms with Crippen molar-refractivity contribution in [3.63, 3.8) is 0 Å². The minimum Gasteiger partial charge on any atom is -0.310 e. The van der Waals surface area contributed by atoms with E-state index in [2.05, 4.69) is 26.5 Å². The van der Waals surface area contributed by atoms with Crippen molar-refractivity contribution in [3.8, 4) is 17.5 Å². The lowest BCUT2D eigenvalue weighted by Gasteiger charge is -2.03. The van der Waals surface area contributed by atoms with Crippen LogP contribution < -0.4 is 0 Å². The number of rotatable bonds is 3. The first-order chi connectivity index (χ1) is 12.3. The molecule has 6 heteroatoms. The number of H-pyrrole nitrogens is 1. The van der Waals surface area contributed by atoms with E-state index in [4.69, 9.17) is 0 Å². The zero-order valence-corrected chi connectivity index (χ0v) is 13.5. The van der Waals surface area contributed by atoms with Crippen molar-refractivity contribution in [2.75, 3.05) is 0 Å². The predicted octanol–water partition coefficient (Wildman–Crippen LogP) is 3.42. The molecule has 0 spiro atoms. The van der Waals surface area contributed by atoms with Crippen LogP contribution >= 0.6 is 0 Å². The monoisotopic (exact) mass is 326 g/mol. The van der Waals surface area contributed by atoms with Crippen LogP contribution in [-0.4, -0.2) is 25.0 Å². The molecule has 0 aliphatic carbocycles. The summed E-state index contributed by atoms with van der Waals surface area (Å²) in [7, 11) is 1.86. The van der Waals surface area contributed by atoms with Crippen LogP contribution in [0, 0.1) is 11.3 Å². The van der Waals surface area contributed by atoms with Crippen LogP contribution in [-0.2, 0) is 7.05 Å². The van der Waals surface area contributed by atoms with Gasteiger partial charge in [0, 0.05) is 23.6 Å². The largest absolute Gasteiger partial charge is 0.310 e. The van der Waals surface area contributed by atoms with E-state index in [0.29, 0.717) is 11.4 Å².